The fourth-order valence-corrected chi connectivity index (χ4v) is 2.15. The number of hydrogen-bond acceptors (Lipinski definition) is 5. The summed E-state index contributed by atoms with van der Waals surface area (Å²) in [5, 5.41) is 0. The second-order valence-corrected chi connectivity index (χ2v) is 4.78. The normalized spacial score (nSPS) is 18.7. The molecule has 0 aromatic carbocycles. The predicted molar refractivity (Wildman–Crippen MR) is 71.3 cm³/mol. The van der Waals surface area contributed by atoms with Crippen LogP contribution in [0.1, 0.15) is 22.3 Å². The van der Waals surface area contributed by atoms with Gasteiger partial charge in [-0.1, -0.05) is 0 Å². The van der Waals surface area contributed by atoms with E-state index in [1.54, 1.807) is 23.4 Å². The van der Waals surface area contributed by atoms with Crippen LogP contribution >= 0.6 is 0 Å². The summed E-state index contributed by atoms with van der Waals surface area (Å²) in [7, 11) is 1.34. The third kappa shape index (κ3) is 3.54. The van der Waals surface area contributed by atoms with E-state index in [-0.39, 0.29) is 24.4 Å². The van der Waals surface area contributed by atoms with Gasteiger partial charge in [0.2, 0.25) is 0 Å². The van der Waals surface area contributed by atoms with Crippen molar-refractivity contribution in [1.29, 1.82) is 0 Å². The van der Waals surface area contributed by atoms with Gasteiger partial charge in [0.1, 0.15) is 0 Å². The fraction of sp³-hybridized carbons (Fsp3) is 0.500. The van der Waals surface area contributed by atoms with Crippen LogP contribution < -0.4 is 0 Å². The van der Waals surface area contributed by atoms with Crippen LogP contribution in [0.25, 0.3) is 0 Å². The second kappa shape index (κ2) is 6.47. The molecule has 1 atom stereocenters. The van der Waals surface area contributed by atoms with Crippen LogP contribution in [0.4, 0.5) is 0 Å². The minimum Gasteiger partial charge on any atom is -0.469 e. The van der Waals surface area contributed by atoms with Crippen LogP contribution in [0.5, 0.6) is 0 Å². The third-order valence-corrected chi connectivity index (χ3v) is 3.17. The number of ether oxygens (including phenoxy) is 2. The summed E-state index contributed by atoms with van der Waals surface area (Å²) in [6, 6.07) is 1.81. The number of nitrogens with zero attached hydrogens (tertiary/aromatic N) is 2. The first-order valence-electron chi connectivity index (χ1n) is 6.49. The molecule has 1 unspecified atom stereocenters. The minimum atomic E-state index is -0.332. The maximum Gasteiger partial charge on any atom is 0.308 e. The van der Waals surface area contributed by atoms with E-state index in [4.69, 9.17) is 4.74 Å². The summed E-state index contributed by atoms with van der Waals surface area (Å²) in [6.45, 7) is 3.22. The molecular weight excluding hydrogens is 260 g/mol. The lowest BCUT2D eigenvalue weighted by Gasteiger charge is -2.32. The Balaban J connectivity index is 2.01. The van der Waals surface area contributed by atoms with E-state index in [0.717, 1.165) is 5.56 Å². The molecule has 0 saturated carbocycles. The molecule has 1 aliphatic rings. The number of hydrogen-bond donors (Lipinski definition) is 0. The van der Waals surface area contributed by atoms with E-state index in [9.17, 15) is 9.59 Å². The predicted octanol–water partition coefficient (Wildman–Crippen LogP) is 0.794. The van der Waals surface area contributed by atoms with Crippen molar-refractivity contribution < 1.29 is 19.1 Å². The van der Waals surface area contributed by atoms with E-state index < -0.39 is 0 Å². The van der Waals surface area contributed by atoms with Crippen molar-refractivity contribution in [2.45, 2.75) is 19.4 Å². The fourth-order valence-electron chi connectivity index (χ4n) is 2.15. The number of rotatable bonds is 3. The van der Waals surface area contributed by atoms with Gasteiger partial charge >= 0.3 is 5.97 Å². The summed E-state index contributed by atoms with van der Waals surface area (Å²) in [5.41, 5.74) is 1.50. The van der Waals surface area contributed by atoms with Gasteiger partial charge in [0.25, 0.3) is 5.91 Å². The average Bonchev–Trinajstić information content (AvgIpc) is 2.46. The van der Waals surface area contributed by atoms with E-state index in [2.05, 4.69) is 9.72 Å². The lowest BCUT2D eigenvalue weighted by atomic mass is 10.1. The van der Waals surface area contributed by atoms with E-state index in [0.29, 0.717) is 25.3 Å². The first-order valence-corrected chi connectivity index (χ1v) is 6.49. The molecule has 2 rings (SSSR count). The first kappa shape index (κ1) is 14.5. The number of carbonyl (C=O) groups excluding carboxylic acids is 2. The summed E-state index contributed by atoms with van der Waals surface area (Å²) in [6.07, 6.45) is 3.11. The second-order valence-electron chi connectivity index (χ2n) is 4.78. The van der Waals surface area contributed by atoms with Gasteiger partial charge in [0, 0.05) is 25.5 Å². The third-order valence-electron chi connectivity index (χ3n) is 3.17. The van der Waals surface area contributed by atoms with Gasteiger partial charge in [-0.25, -0.2) is 0 Å². The lowest BCUT2D eigenvalue weighted by Crippen LogP contribution is -2.46. The van der Waals surface area contributed by atoms with Crippen LogP contribution in [0.3, 0.4) is 0 Å². The van der Waals surface area contributed by atoms with E-state index in [1.165, 1.54) is 7.11 Å². The van der Waals surface area contributed by atoms with Crippen LogP contribution in [0.15, 0.2) is 18.5 Å². The van der Waals surface area contributed by atoms with Crippen molar-refractivity contribution >= 4 is 11.9 Å². The molecule has 6 heteroatoms. The first-order chi connectivity index (χ1) is 9.60. The van der Waals surface area contributed by atoms with Gasteiger partial charge in [-0.2, -0.15) is 0 Å². The Bertz CT molecular complexity index is 504. The van der Waals surface area contributed by atoms with Crippen molar-refractivity contribution in [1.82, 2.24) is 9.88 Å². The van der Waals surface area contributed by atoms with Crippen molar-refractivity contribution in [2.75, 3.05) is 26.8 Å². The molecule has 0 N–H and O–H groups in total. The van der Waals surface area contributed by atoms with Gasteiger partial charge in [0.15, 0.2) is 0 Å². The molecule has 108 valence electrons. The van der Waals surface area contributed by atoms with E-state index in [1.807, 2.05) is 6.92 Å². The summed E-state index contributed by atoms with van der Waals surface area (Å²) >= 11 is 0. The molecule has 1 aliphatic heterocycles. The number of methoxy groups -OCH3 is 1. The van der Waals surface area contributed by atoms with Crippen molar-refractivity contribution in [3.05, 3.63) is 29.6 Å². The van der Waals surface area contributed by atoms with Gasteiger partial charge in [0.05, 0.1) is 31.8 Å². The molecule has 20 heavy (non-hydrogen) atoms. The van der Waals surface area contributed by atoms with E-state index >= 15 is 0 Å². The standard InChI is InChI=1S/C14H18N2O4/c1-10-5-11(8-15-7-10)14(18)16-3-4-20-12(9-16)6-13(17)19-2/h5,7-8,12H,3-4,6,9H2,1-2H3. The highest BCUT2D eigenvalue weighted by atomic mass is 16.5. The average molecular weight is 278 g/mol. The zero-order valence-electron chi connectivity index (χ0n) is 11.7. The summed E-state index contributed by atoms with van der Waals surface area (Å²) in [4.78, 5) is 29.3. The number of pyridine rings is 1. The highest BCUT2D eigenvalue weighted by Crippen LogP contribution is 2.13. The number of aryl methyl sites for hydroxylation is 1. The van der Waals surface area contributed by atoms with Crippen LogP contribution in [0, 0.1) is 6.92 Å². The Hall–Kier alpha value is -1.95. The Morgan fingerprint density at radius 2 is 2.30 bits per heavy atom. The molecule has 0 radical (unpaired) electrons. The minimum absolute atomic E-state index is 0.0839. The van der Waals surface area contributed by atoms with Crippen LogP contribution in [0.2, 0.25) is 0 Å². The SMILES string of the molecule is COC(=O)CC1CN(C(=O)c2cncc(C)c2)CCO1. The topological polar surface area (TPSA) is 68.7 Å². The lowest BCUT2D eigenvalue weighted by molar-refractivity contribution is -0.145. The Morgan fingerprint density at radius 3 is 3.00 bits per heavy atom. The summed E-state index contributed by atoms with van der Waals surface area (Å²) in [5.74, 6) is -0.416. The number of amides is 1. The molecule has 1 aromatic heterocycles. The molecule has 0 aliphatic carbocycles. The monoisotopic (exact) mass is 278 g/mol. The highest BCUT2D eigenvalue weighted by Gasteiger charge is 2.27. The largest absolute Gasteiger partial charge is 0.469 e. The molecule has 0 bridgehead atoms. The zero-order chi connectivity index (χ0) is 14.5. The van der Waals surface area contributed by atoms with Crippen LogP contribution in [-0.4, -0.2) is 54.7 Å². The van der Waals surface area contributed by atoms with Gasteiger partial charge in [-0.05, 0) is 18.6 Å². The molecule has 0 spiro atoms. The number of esters is 1. The Kier molecular flexibility index (Phi) is 4.68. The van der Waals surface area contributed by atoms with Crippen molar-refractivity contribution in [3.63, 3.8) is 0 Å². The number of carbonyl (C=O) groups is 2. The smallest absolute Gasteiger partial charge is 0.308 e. The molecule has 6 nitrogen and oxygen atoms in total. The van der Waals surface area contributed by atoms with Gasteiger partial charge in [-0.3, -0.25) is 14.6 Å². The Labute approximate surface area is 117 Å². The maximum absolute atomic E-state index is 12.4. The highest BCUT2D eigenvalue weighted by molar-refractivity contribution is 5.94. The van der Waals surface area contributed by atoms with Crippen molar-refractivity contribution in [2.24, 2.45) is 0 Å². The molecule has 1 fully saturated rings. The van der Waals surface area contributed by atoms with Crippen molar-refractivity contribution in [3.8, 4) is 0 Å². The molecule has 2 heterocycles. The zero-order valence-corrected chi connectivity index (χ0v) is 11.7. The van der Waals surface area contributed by atoms with Gasteiger partial charge in [-0.15, -0.1) is 0 Å². The molecule has 1 aromatic rings. The quantitative estimate of drug-likeness (QED) is 0.765. The Morgan fingerprint density at radius 1 is 1.50 bits per heavy atom. The van der Waals surface area contributed by atoms with Gasteiger partial charge < -0.3 is 14.4 Å². The summed E-state index contributed by atoms with van der Waals surface area (Å²) < 4.78 is 10.1. The number of aromatic nitrogens is 1. The number of morpholine rings is 1. The molecular formula is C14H18N2O4. The molecule has 1 amide bonds. The van der Waals surface area contributed by atoms with Crippen LogP contribution in [-0.2, 0) is 14.3 Å². The molecule has 1 saturated heterocycles. The maximum atomic E-state index is 12.4.